The van der Waals surface area contributed by atoms with Crippen molar-refractivity contribution in [2.24, 2.45) is 11.8 Å². The van der Waals surface area contributed by atoms with Crippen molar-refractivity contribution in [2.75, 3.05) is 19.6 Å². The van der Waals surface area contributed by atoms with Crippen LogP contribution >= 0.6 is 0 Å². The molecule has 6 rings (SSSR count). The van der Waals surface area contributed by atoms with E-state index < -0.39 is 35.1 Å². The van der Waals surface area contributed by atoms with Crippen LogP contribution in [0.5, 0.6) is 11.5 Å². The molecule has 2 fully saturated rings. The molecule has 238 valence electrons. The molecule has 2 aromatic carbocycles. The van der Waals surface area contributed by atoms with Crippen LogP contribution in [0, 0.1) is 23.7 Å². The summed E-state index contributed by atoms with van der Waals surface area (Å²) in [5.41, 5.74) is 1.28. The number of likely N-dealkylation sites (tertiary alicyclic amines) is 1. The molecular weight excluding hydrogens is 585 g/mol. The minimum Gasteiger partial charge on any atom is -0.483 e. The van der Waals surface area contributed by atoms with E-state index in [2.05, 4.69) is 16.7 Å². The molecule has 1 amide bonds. The van der Waals surface area contributed by atoms with Crippen molar-refractivity contribution in [3.05, 3.63) is 58.7 Å². The van der Waals surface area contributed by atoms with Gasteiger partial charge in [0.25, 0.3) is 5.91 Å². The molecule has 2 aromatic rings. The van der Waals surface area contributed by atoms with Crippen molar-refractivity contribution >= 4 is 17.7 Å². The van der Waals surface area contributed by atoms with Gasteiger partial charge in [-0.3, -0.25) is 19.3 Å². The first-order valence-corrected chi connectivity index (χ1v) is 15.5. The maximum absolute atomic E-state index is 13.9. The van der Waals surface area contributed by atoms with Crippen LogP contribution in [-0.4, -0.2) is 65.3 Å². The number of rotatable bonds is 6. The van der Waals surface area contributed by atoms with Crippen LogP contribution in [0.15, 0.2) is 36.4 Å². The molecule has 0 aromatic heterocycles. The summed E-state index contributed by atoms with van der Waals surface area (Å²) in [7, 11) is 0. The van der Waals surface area contributed by atoms with Crippen LogP contribution in [0.25, 0.3) is 0 Å². The van der Waals surface area contributed by atoms with Gasteiger partial charge < -0.3 is 14.4 Å². The third-order valence-electron chi connectivity index (χ3n) is 9.81. The number of hydrogen-bond acceptors (Lipinski definition) is 6. The number of ether oxygens (including phenoxy) is 2. The summed E-state index contributed by atoms with van der Waals surface area (Å²) in [5, 5.41) is 0. The number of nitrogens with zero attached hydrogens (tertiary/aromatic N) is 2. The second-order valence-corrected chi connectivity index (χ2v) is 13.2. The van der Waals surface area contributed by atoms with E-state index in [4.69, 9.17) is 9.47 Å². The molecule has 2 heterocycles. The summed E-state index contributed by atoms with van der Waals surface area (Å²) >= 11 is 0. The molecule has 2 aliphatic carbocycles. The lowest BCUT2D eigenvalue weighted by Crippen LogP contribution is -2.69. The Bertz CT molecular complexity index is 1590. The molecule has 5 atom stereocenters. The maximum atomic E-state index is 13.9. The number of alkyl halides is 3. The van der Waals surface area contributed by atoms with Gasteiger partial charge in [-0.2, -0.15) is 13.2 Å². The van der Waals surface area contributed by atoms with Gasteiger partial charge in [0.15, 0.2) is 11.5 Å². The number of carbonyl (C=O) groups excluding carboxylic acids is 3. The van der Waals surface area contributed by atoms with E-state index in [1.165, 1.54) is 19.1 Å². The van der Waals surface area contributed by atoms with Crippen molar-refractivity contribution < 1.29 is 37.0 Å². The summed E-state index contributed by atoms with van der Waals surface area (Å²) in [5.74, 6) is 5.97. The van der Waals surface area contributed by atoms with Crippen LogP contribution in [0.4, 0.5) is 13.2 Å². The van der Waals surface area contributed by atoms with Crippen LogP contribution < -0.4 is 9.47 Å². The molecule has 45 heavy (non-hydrogen) atoms. The smallest absolute Gasteiger partial charge is 0.416 e. The Kier molecular flexibility index (Phi) is 7.97. The highest BCUT2D eigenvalue weighted by Crippen LogP contribution is 2.64. The molecule has 1 saturated heterocycles. The Morgan fingerprint density at radius 3 is 2.49 bits per heavy atom. The van der Waals surface area contributed by atoms with Crippen molar-refractivity contribution in [3.63, 3.8) is 0 Å². The zero-order valence-corrected chi connectivity index (χ0v) is 25.9. The van der Waals surface area contributed by atoms with Gasteiger partial charge in [0, 0.05) is 42.0 Å². The molecule has 0 radical (unpaired) electrons. The number of Topliss-reactive ketones (excluding diaryl/α,β-unsaturated/α-hetero) is 1. The lowest BCUT2D eigenvalue weighted by molar-refractivity contribution is -0.139. The summed E-state index contributed by atoms with van der Waals surface area (Å²) in [6.07, 6.45) is -1.91. The lowest BCUT2D eigenvalue weighted by Gasteiger charge is -2.60. The van der Waals surface area contributed by atoms with E-state index in [0.717, 1.165) is 42.5 Å². The van der Waals surface area contributed by atoms with E-state index in [1.54, 1.807) is 17.9 Å². The number of piperidine rings is 1. The highest BCUT2D eigenvalue weighted by molar-refractivity contribution is 5.94. The number of amides is 1. The van der Waals surface area contributed by atoms with Gasteiger partial charge in [0.05, 0.1) is 18.2 Å². The number of benzene rings is 2. The summed E-state index contributed by atoms with van der Waals surface area (Å²) in [6, 6.07) is 8.04. The monoisotopic (exact) mass is 622 g/mol. The first-order chi connectivity index (χ1) is 21.3. The predicted octanol–water partition coefficient (Wildman–Crippen LogP) is 5.16. The Morgan fingerprint density at radius 2 is 1.84 bits per heavy atom. The quantitative estimate of drug-likeness (QED) is 0.252. The average Bonchev–Trinajstić information content (AvgIpc) is 3.31. The van der Waals surface area contributed by atoms with Crippen LogP contribution in [0.2, 0.25) is 0 Å². The maximum Gasteiger partial charge on any atom is 0.416 e. The largest absolute Gasteiger partial charge is 0.483 e. The SMILES string of the molecule is CC(=O)CN1CC[C@]23c4c5ccc(OC(C)=O)c4O[C@H]2[C@H](N(CC(C)C)C(=O)C#Cc2ccc(C(F)(F)F)cc2)CC[C@H]3[C@H]1C5. The van der Waals surface area contributed by atoms with Crippen molar-refractivity contribution in [2.45, 2.75) is 83.2 Å². The first kappa shape index (κ1) is 31.2. The fourth-order valence-corrected chi connectivity index (χ4v) is 8.33. The second-order valence-electron chi connectivity index (χ2n) is 13.2. The first-order valence-electron chi connectivity index (χ1n) is 15.5. The van der Waals surface area contributed by atoms with Crippen molar-refractivity contribution in [1.82, 2.24) is 9.80 Å². The van der Waals surface area contributed by atoms with Crippen molar-refractivity contribution in [1.29, 1.82) is 0 Å². The van der Waals surface area contributed by atoms with Gasteiger partial charge in [0.1, 0.15) is 11.9 Å². The Balaban J connectivity index is 1.38. The van der Waals surface area contributed by atoms with E-state index >= 15 is 0 Å². The average molecular weight is 623 g/mol. The van der Waals surface area contributed by atoms with Gasteiger partial charge in [-0.1, -0.05) is 25.8 Å². The summed E-state index contributed by atoms with van der Waals surface area (Å²) in [4.78, 5) is 42.2. The topological polar surface area (TPSA) is 76.2 Å². The molecular formula is C35H37F3N2O5. The fraction of sp³-hybridized carbons (Fsp3) is 0.514. The number of ketones is 1. The molecule has 7 nitrogen and oxygen atoms in total. The van der Waals surface area contributed by atoms with E-state index in [1.807, 2.05) is 19.9 Å². The zero-order valence-electron chi connectivity index (χ0n) is 25.9. The van der Waals surface area contributed by atoms with Gasteiger partial charge in [-0.25, -0.2) is 0 Å². The highest BCUT2D eigenvalue weighted by atomic mass is 19.4. The minimum atomic E-state index is -4.46. The molecule has 1 spiro atoms. The summed E-state index contributed by atoms with van der Waals surface area (Å²) < 4.78 is 51.6. The summed E-state index contributed by atoms with van der Waals surface area (Å²) in [6.45, 7) is 8.52. The molecule has 4 aliphatic rings. The van der Waals surface area contributed by atoms with Gasteiger partial charge in [-0.15, -0.1) is 0 Å². The van der Waals surface area contributed by atoms with Gasteiger partial charge in [0.2, 0.25) is 0 Å². The third-order valence-corrected chi connectivity index (χ3v) is 9.81. The molecule has 0 N–H and O–H groups in total. The second kappa shape index (κ2) is 11.5. The number of esters is 1. The normalized spacial score (nSPS) is 26.3. The zero-order chi connectivity index (χ0) is 32.3. The van der Waals surface area contributed by atoms with Crippen LogP contribution in [0.1, 0.15) is 69.2 Å². The number of halogens is 3. The fourth-order valence-electron chi connectivity index (χ4n) is 8.33. The predicted molar refractivity (Wildman–Crippen MR) is 160 cm³/mol. The molecule has 1 saturated carbocycles. The number of hydrogen-bond donors (Lipinski definition) is 0. The molecule has 10 heteroatoms. The van der Waals surface area contributed by atoms with Crippen molar-refractivity contribution in [3.8, 4) is 23.3 Å². The molecule has 2 bridgehead atoms. The Labute approximate surface area is 261 Å². The van der Waals surface area contributed by atoms with Crippen LogP contribution in [0.3, 0.4) is 0 Å². The third kappa shape index (κ3) is 5.50. The highest BCUT2D eigenvalue weighted by Gasteiger charge is 2.66. The van der Waals surface area contributed by atoms with E-state index in [0.29, 0.717) is 43.1 Å². The van der Waals surface area contributed by atoms with Crippen LogP contribution in [-0.2, 0) is 32.4 Å². The Hall–Kier alpha value is -3.84. The van der Waals surface area contributed by atoms with Gasteiger partial charge in [-0.05, 0) is 86.9 Å². The molecule has 0 unspecified atom stereocenters. The standard InChI is InChI=1S/C35H37F3N2O5/c1-20(2)18-40(30(43)14-7-23-5-9-25(10-6-23)35(36,37)38)27-12-11-26-28-17-24-8-13-29(44-22(4)42)32-31(24)34(26,33(27)45-32)15-16-39(28)19-21(3)41/h5-6,8-10,13,20,26-28,33H,11-12,15-19H2,1-4H3/t26-,27+,28+,33-,34-/m0/s1. The van der Waals surface area contributed by atoms with Gasteiger partial charge >= 0.3 is 12.1 Å². The Morgan fingerprint density at radius 1 is 1.11 bits per heavy atom. The van der Waals surface area contributed by atoms with E-state index in [9.17, 15) is 27.6 Å². The lowest BCUT2D eigenvalue weighted by atomic mass is 9.51. The molecule has 2 aliphatic heterocycles. The minimum absolute atomic E-state index is 0.115. The van der Waals surface area contributed by atoms with E-state index in [-0.39, 0.29) is 29.7 Å². The number of carbonyl (C=O) groups is 3.